The van der Waals surface area contributed by atoms with Crippen molar-refractivity contribution >= 4 is 29.1 Å². The average Bonchev–Trinajstić information content (AvgIpc) is 3.16. The molecule has 2 aliphatic carbocycles. The molecule has 3 N–H and O–H groups in total. The van der Waals surface area contributed by atoms with Gasteiger partial charge < -0.3 is 34.6 Å². The van der Waals surface area contributed by atoms with E-state index in [4.69, 9.17) is 19.0 Å². The number of amides is 1. The second kappa shape index (κ2) is 18.4. The van der Waals surface area contributed by atoms with Crippen LogP contribution in [0.3, 0.4) is 0 Å². The van der Waals surface area contributed by atoms with Gasteiger partial charge in [0, 0.05) is 54.2 Å². The largest absolute Gasteiger partial charge is 0.489 e. The van der Waals surface area contributed by atoms with Gasteiger partial charge in [0.2, 0.25) is 11.7 Å². The highest BCUT2D eigenvalue weighted by atomic mass is 32.2. The van der Waals surface area contributed by atoms with Crippen molar-refractivity contribution in [2.75, 3.05) is 32.2 Å². The first-order valence-electron chi connectivity index (χ1n) is 18.8. The van der Waals surface area contributed by atoms with Crippen molar-refractivity contribution in [1.82, 2.24) is 0 Å². The van der Waals surface area contributed by atoms with Gasteiger partial charge in [0.05, 0.1) is 23.5 Å². The molecule has 0 saturated heterocycles. The van der Waals surface area contributed by atoms with Gasteiger partial charge in [-0.25, -0.2) is 4.39 Å². The van der Waals surface area contributed by atoms with Crippen LogP contribution in [0.25, 0.3) is 0 Å². The molecule has 6 rings (SSSR count). The molecule has 3 aromatic carbocycles. The Bertz CT molecular complexity index is 1820. The van der Waals surface area contributed by atoms with Crippen molar-refractivity contribution in [1.29, 1.82) is 0 Å². The predicted molar refractivity (Wildman–Crippen MR) is 209 cm³/mol. The van der Waals surface area contributed by atoms with Crippen molar-refractivity contribution in [3.05, 3.63) is 108 Å². The molecule has 1 heterocycles. The topological polar surface area (TPSA) is 119 Å². The number of aliphatic hydroxyl groups excluding tert-OH is 2. The van der Waals surface area contributed by atoms with Crippen LogP contribution in [-0.2, 0) is 21.0 Å². The summed E-state index contributed by atoms with van der Waals surface area (Å²) in [5, 5.41) is 26.8. The molecule has 288 valence electrons. The summed E-state index contributed by atoms with van der Waals surface area (Å²) in [5.41, 5.74) is 4.02. The molecular weight excluding hydrogens is 708 g/mol. The summed E-state index contributed by atoms with van der Waals surface area (Å²) in [5.74, 6) is -0.448. The maximum atomic E-state index is 14.6. The molecule has 0 aromatic heterocycles. The van der Waals surface area contributed by atoms with E-state index in [0.29, 0.717) is 42.0 Å². The number of rotatable bonds is 18. The molecule has 1 aliphatic heterocycles. The first-order chi connectivity index (χ1) is 26.3. The van der Waals surface area contributed by atoms with Gasteiger partial charge >= 0.3 is 0 Å². The minimum absolute atomic E-state index is 0.0751. The Balaban J connectivity index is 1.50. The van der Waals surface area contributed by atoms with Crippen molar-refractivity contribution in [3.63, 3.8) is 0 Å². The van der Waals surface area contributed by atoms with Crippen LogP contribution >= 0.6 is 11.8 Å². The number of allylic oxidation sites excluding steroid dienone is 1. The molecule has 9 nitrogen and oxygen atoms in total. The number of nitrogens with one attached hydrogen (secondary N) is 1. The van der Waals surface area contributed by atoms with Crippen molar-refractivity contribution in [3.8, 4) is 11.5 Å². The number of unbranched alkanes of at least 4 members (excludes halogenated alkanes) is 2. The van der Waals surface area contributed by atoms with E-state index < -0.39 is 5.79 Å². The summed E-state index contributed by atoms with van der Waals surface area (Å²) < 4.78 is 35.0. The van der Waals surface area contributed by atoms with E-state index >= 15 is 0 Å². The summed E-state index contributed by atoms with van der Waals surface area (Å²) >= 11 is 1.64. The number of carbonyl (C=O) groups excluding carboxylic acids is 1. The van der Waals surface area contributed by atoms with E-state index in [-0.39, 0.29) is 67.1 Å². The molecule has 0 radical (unpaired) electrons. The molecule has 3 aliphatic rings. The number of hydrogen-bond acceptors (Lipinski definition) is 9. The van der Waals surface area contributed by atoms with E-state index in [1.165, 1.54) is 13.0 Å². The average molecular weight is 759 g/mol. The fourth-order valence-electron chi connectivity index (χ4n) is 8.39. The lowest BCUT2D eigenvalue weighted by Crippen LogP contribution is -2.64. The lowest BCUT2D eigenvalue weighted by Gasteiger charge is -2.58. The highest BCUT2D eigenvalue weighted by Crippen LogP contribution is 2.63. The molecule has 1 amide bonds. The van der Waals surface area contributed by atoms with Crippen LogP contribution in [0.2, 0.25) is 0 Å². The van der Waals surface area contributed by atoms with E-state index in [2.05, 4.69) is 23.1 Å². The van der Waals surface area contributed by atoms with Crippen LogP contribution in [0.15, 0.2) is 101 Å². The van der Waals surface area contributed by atoms with Gasteiger partial charge in [-0.1, -0.05) is 48.3 Å². The Morgan fingerprint density at radius 3 is 2.54 bits per heavy atom. The van der Waals surface area contributed by atoms with E-state index in [1.54, 1.807) is 43.1 Å². The zero-order valence-electron chi connectivity index (χ0n) is 31.0. The highest BCUT2D eigenvalue weighted by molar-refractivity contribution is 8.00. The van der Waals surface area contributed by atoms with Gasteiger partial charge in [-0.2, -0.15) is 0 Å². The molecule has 0 bridgehead atoms. The lowest BCUT2D eigenvalue weighted by atomic mass is 9.56. The lowest BCUT2D eigenvalue weighted by molar-refractivity contribution is -0.223. The molecule has 6 atom stereocenters. The predicted octanol–water partition coefficient (Wildman–Crippen LogP) is 8.42. The third-order valence-electron chi connectivity index (χ3n) is 10.6. The molecule has 54 heavy (non-hydrogen) atoms. The third kappa shape index (κ3) is 8.70. The molecular formula is C43H51FN2O7S. The van der Waals surface area contributed by atoms with Crippen LogP contribution in [-0.4, -0.2) is 59.8 Å². The van der Waals surface area contributed by atoms with Crippen LogP contribution in [0.1, 0.15) is 68.9 Å². The number of anilines is 1. The summed E-state index contributed by atoms with van der Waals surface area (Å²) in [4.78, 5) is 18.2. The minimum atomic E-state index is -1.15. The summed E-state index contributed by atoms with van der Waals surface area (Å²) in [6.07, 6.45) is 9.39. The van der Waals surface area contributed by atoms with Crippen molar-refractivity contribution < 1.29 is 38.4 Å². The number of thioether (sulfide) groups is 1. The molecule has 1 saturated carbocycles. The van der Waals surface area contributed by atoms with Crippen molar-refractivity contribution in [2.24, 2.45) is 22.9 Å². The Kier molecular flexibility index (Phi) is 13.5. The normalized spacial score (nSPS) is 24.8. The second-order valence-electron chi connectivity index (χ2n) is 14.1. The second-order valence-corrected chi connectivity index (χ2v) is 15.4. The molecule has 0 spiro atoms. The van der Waals surface area contributed by atoms with E-state index in [0.717, 1.165) is 47.4 Å². The molecule has 3 aromatic rings. The monoisotopic (exact) mass is 758 g/mol. The first-order valence-corrected chi connectivity index (χ1v) is 19.7. The molecule has 6 unspecified atom stereocenters. The van der Waals surface area contributed by atoms with Crippen LogP contribution < -0.4 is 14.8 Å². The van der Waals surface area contributed by atoms with Gasteiger partial charge in [-0.3, -0.25) is 4.79 Å². The number of carbonyl (C=O) groups is 1. The van der Waals surface area contributed by atoms with Gasteiger partial charge in [0.15, 0.2) is 0 Å². The Morgan fingerprint density at radius 1 is 1.07 bits per heavy atom. The summed E-state index contributed by atoms with van der Waals surface area (Å²) in [6, 6.07) is 20.2. The summed E-state index contributed by atoms with van der Waals surface area (Å²) in [7, 11) is 1.56. The number of oxime groups is 1. The SMILES string of the molecule is C=CCOC12Oc3ccc(OCc4ccccc4F)cc3C3C(CCCCO)C(CCCCO)C=C(C(=NOC)CC1Sc1ccc(NC(C)=O)cc1)C32. The van der Waals surface area contributed by atoms with Gasteiger partial charge in [-0.05, 0) is 91.6 Å². The number of hydrogen-bond donors (Lipinski definition) is 3. The van der Waals surface area contributed by atoms with Crippen molar-refractivity contribution in [2.45, 2.75) is 80.3 Å². The maximum Gasteiger partial charge on any atom is 0.231 e. The van der Waals surface area contributed by atoms with Crippen LogP contribution in [0, 0.1) is 23.6 Å². The quantitative estimate of drug-likeness (QED) is 0.0673. The molecule has 11 heteroatoms. The van der Waals surface area contributed by atoms with Gasteiger partial charge in [0.25, 0.3) is 0 Å². The smallest absolute Gasteiger partial charge is 0.231 e. The van der Waals surface area contributed by atoms with Gasteiger partial charge in [0.1, 0.15) is 31.0 Å². The van der Waals surface area contributed by atoms with E-state index in [9.17, 15) is 19.4 Å². The Hall–Kier alpha value is -4.16. The Labute approximate surface area is 321 Å². The van der Waals surface area contributed by atoms with E-state index in [1.807, 2.05) is 42.5 Å². The fourth-order valence-corrected chi connectivity index (χ4v) is 9.68. The Morgan fingerprint density at radius 2 is 1.83 bits per heavy atom. The minimum Gasteiger partial charge on any atom is -0.489 e. The number of halogens is 1. The number of nitrogens with zero attached hydrogens (tertiary/aromatic N) is 1. The zero-order valence-corrected chi connectivity index (χ0v) is 31.9. The zero-order chi connectivity index (χ0) is 38.1. The fraction of sp³-hybridized carbons (Fsp3) is 0.442. The standard InChI is InChI=1S/C43H51FN2O7S/c1-4-23-52-43-40(54-33-18-15-31(16-19-33)45-28(2)49)26-38(46-50-3)35-24-29(11-7-9-21-47)34(13-8-10-22-48)41(42(35)43)36-25-32(17-20-39(36)53-43)51-27-30-12-5-6-14-37(30)44/h4-6,12,14-20,24-25,29,34,40-42,47-48H,1,7-11,13,21-23,26-27H2,2-3H3,(H,45,49). The van der Waals surface area contributed by atoms with Crippen LogP contribution in [0.4, 0.5) is 10.1 Å². The number of benzene rings is 3. The maximum absolute atomic E-state index is 14.6. The summed E-state index contributed by atoms with van der Waals surface area (Å²) in [6.45, 7) is 6.05. The number of fused-ring (bicyclic) bond motifs is 2. The molecule has 1 fully saturated rings. The van der Waals surface area contributed by atoms with Crippen LogP contribution in [0.5, 0.6) is 11.5 Å². The number of aliphatic hydroxyl groups is 2. The van der Waals surface area contributed by atoms with Gasteiger partial charge in [-0.15, -0.1) is 18.3 Å². The highest BCUT2D eigenvalue weighted by Gasteiger charge is 2.64. The first kappa shape index (κ1) is 39.5. The number of ether oxygens (including phenoxy) is 3. The third-order valence-corrected chi connectivity index (χ3v) is 12.0.